The van der Waals surface area contributed by atoms with Crippen LogP contribution >= 0.6 is 23.2 Å². The van der Waals surface area contributed by atoms with Crippen molar-refractivity contribution in [1.82, 2.24) is 0 Å². The highest BCUT2D eigenvalue weighted by molar-refractivity contribution is 6.42. The lowest BCUT2D eigenvalue weighted by Crippen LogP contribution is -2.15. The molecule has 0 saturated heterocycles. The average Bonchev–Trinajstić information content (AvgIpc) is 2.70. The van der Waals surface area contributed by atoms with Gasteiger partial charge in [0.05, 0.1) is 21.3 Å². The fourth-order valence-electron chi connectivity index (χ4n) is 2.52. The highest BCUT2D eigenvalue weighted by Gasteiger charge is 2.13. The molecule has 29 heavy (non-hydrogen) atoms. The van der Waals surface area contributed by atoms with Crippen LogP contribution in [-0.2, 0) is 0 Å². The van der Waals surface area contributed by atoms with Crippen LogP contribution in [0.15, 0.2) is 66.7 Å². The van der Waals surface area contributed by atoms with Gasteiger partial charge in [0.15, 0.2) is 0 Å². The number of amides is 2. The Kier molecular flexibility index (Phi) is 6.16. The molecule has 2 amide bonds. The molecule has 0 radical (unpaired) electrons. The average molecular weight is 429 g/mol. The van der Waals surface area contributed by atoms with Gasteiger partial charge in [0, 0.05) is 16.8 Å². The third-order valence-electron chi connectivity index (χ3n) is 3.99. The number of hydrogen-bond donors (Lipinski definition) is 3. The summed E-state index contributed by atoms with van der Waals surface area (Å²) in [7, 11) is 0. The van der Waals surface area contributed by atoms with E-state index in [-0.39, 0.29) is 22.2 Å². The van der Waals surface area contributed by atoms with Gasteiger partial charge in [-0.1, -0.05) is 35.3 Å². The van der Waals surface area contributed by atoms with Crippen LogP contribution in [0.3, 0.4) is 0 Å². The van der Waals surface area contributed by atoms with Crippen LogP contribution in [0.5, 0.6) is 0 Å². The zero-order valence-corrected chi connectivity index (χ0v) is 16.3. The molecule has 0 atom stereocenters. The minimum atomic E-state index is -1.14. The van der Waals surface area contributed by atoms with Crippen molar-refractivity contribution in [3.63, 3.8) is 0 Å². The first-order chi connectivity index (χ1) is 13.8. The number of anilines is 2. The van der Waals surface area contributed by atoms with E-state index in [1.165, 1.54) is 36.4 Å². The van der Waals surface area contributed by atoms with Crippen molar-refractivity contribution >= 4 is 52.4 Å². The largest absolute Gasteiger partial charge is 0.478 e. The Morgan fingerprint density at radius 3 is 2.00 bits per heavy atom. The molecule has 6 nitrogen and oxygen atoms in total. The van der Waals surface area contributed by atoms with E-state index in [1.807, 2.05) is 0 Å². The maximum atomic E-state index is 12.4. The van der Waals surface area contributed by atoms with E-state index in [0.717, 1.165) is 0 Å². The normalized spacial score (nSPS) is 10.3. The topological polar surface area (TPSA) is 95.5 Å². The fourth-order valence-corrected chi connectivity index (χ4v) is 2.82. The molecule has 0 heterocycles. The maximum Gasteiger partial charge on any atom is 0.337 e. The number of benzene rings is 3. The highest BCUT2D eigenvalue weighted by Crippen LogP contribution is 2.23. The minimum Gasteiger partial charge on any atom is -0.478 e. The van der Waals surface area contributed by atoms with Crippen LogP contribution in [0, 0.1) is 0 Å². The molecule has 0 aliphatic heterocycles. The summed E-state index contributed by atoms with van der Waals surface area (Å²) in [6.07, 6.45) is 0. The standard InChI is InChI=1S/C21H14Cl2N2O4/c22-16-10-7-13(11-17(16)23)20(27)24-14-8-5-12(6-9-14)19(26)25-18-4-2-1-3-15(18)21(28)29/h1-11H,(H,24,27)(H,25,26)(H,28,29). The Hall–Kier alpha value is -3.35. The van der Waals surface area contributed by atoms with E-state index in [0.29, 0.717) is 21.8 Å². The molecule has 3 N–H and O–H groups in total. The van der Waals surface area contributed by atoms with Crippen molar-refractivity contribution in [2.45, 2.75) is 0 Å². The van der Waals surface area contributed by atoms with Gasteiger partial charge in [0.2, 0.25) is 0 Å². The van der Waals surface area contributed by atoms with Gasteiger partial charge in [0.25, 0.3) is 11.8 Å². The number of carboxylic acid groups (broad SMARTS) is 1. The van der Waals surface area contributed by atoms with Crippen molar-refractivity contribution in [1.29, 1.82) is 0 Å². The van der Waals surface area contributed by atoms with Crippen LogP contribution in [0.25, 0.3) is 0 Å². The maximum absolute atomic E-state index is 12.4. The molecule has 0 fully saturated rings. The SMILES string of the molecule is O=C(Nc1ccc(C(=O)Nc2ccccc2C(=O)O)cc1)c1ccc(Cl)c(Cl)c1. The zero-order chi connectivity index (χ0) is 21.0. The van der Waals surface area contributed by atoms with Gasteiger partial charge in [-0.15, -0.1) is 0 Å². The second-order valence-electron chi connectivity index (χ2n) is 5.97. The number of carbonyl (C=O) groups excluding carboxylic acids is 2. The number of rotatable bonds is 5. The molecule has 0 saturated carbocycles. The lowest BCUT2D eigenvalue weighted by molar-refractivity contribution is 0.0697. The highest BCUT2D eigenvalue weighted by atomic mass is 35.5. The molecule has 0 bridgehead atoms. The molecule has 3 aromatic carbocycles. The number of nitrogens with one attached hydrogen (secondary N) is 2. The van der Waals surface area contributed by atoms with E-state index in [9.17, 15) is 19.5 Å². The predicted octanol–water partition coefficient (Wildman–Crippen LogP) is 5.20. The summed E-state index contributed by atoms with van der Waals surface area (Å²) < 4.78 is 0. The van der Waals surface area contributed by atoms with Crippen LogP contribution in [0.4, 0.5) is 11.4 Å². The summed E-state index contributed by atoms with van der Waals surface area (Å²) in [6.45, 7) is 0. The Bertz CT molecular complexity index is 1100. The van der Waals surface area contributed by atoms with Gasteiger partial charge in [0.1, 0.15) is 0 Å². The lowest BCUT2D eigenvalue weighted by Gasteiger charge is -2.09. The first kappa shape index (κ1) is 20.4. The Morgan fingerprint density at radius 1 is 0.724 bits per heavy atom. The Balaban J connectivity index is 1.70. The molecule has 0 aromatic heterocycles. The van der Waals surface area contributed by atoms with Crippen LogP contribution in [0.2, 0.25) is 10.0 Å². The van der Waals surface area contributed by atoms with E-state index < -0.39 is 11.9 Å². The van der Waals surface area contributed by atoms with Crippen LogP contribution in [-0.4, -0.2) is 22.9 Å². The lowest BCUT2D eigenvalue weighted by atomic mass is 10.1. The quantitative estimate of drug-likeness (QED) is 0.520. The van der Waals surface area contributed by atoms with E-state index in [2.05, 4.69) is 10.6 Å². The third-order valence-corrected chi connectivity index (χ3v) is 4.73. The van der Waals surface area contributed by atoms with E-state index in [1.54, 1.807) is 30.3 Å². The molecule has 0 aliphatic carbocycles. The number of carbonyl (C=O) groups is 3. The number of hydrogen-bond acceptors (Lipinski definition) is 3. The fraction of sp³-hybridized carbons (Fsp3) is 0. The summed E-state index contributed by atoms with van der Waals surface area (Å²) >= 11 is 11.8. The molecule has 0 spiro atoms. The van der Waals surface area contributed by atoms with Gasteiger partial charge in [-0.05, 0) is 54.6 Å². The second kappa shape index (κ2) is 8.77. The molecular weight excluding hydrogens is 415 g/mol. The molecule has 3 rings (SSSR count). The number of halogens is 2. The molecule has 0 aliphatic rings. The smallest absolute Gasteiger partial charge is 0.337 e. The van der Waals surface area contributed by atoms with Crippen LogP contribution in [0.1, 0.15) is 31.1 Å². The summed E-state index contributed by atoms with van der Waals surface area (Å²) in [5.74, 6) is -1.99. The summed E-state index contributed by atoms with van der Waals surface area (Å²) in [5.41, 5.74) is 1.31. The summed E-state index contributed by atoms with van der Waals surface area (Å²) in [6, 6.07) is 16.8. The molecule has 146 valence electrons. The Morgan fingerprint density at radius 2 is 1.34 bits per heavy atom. The van der Waals surface area contributed by atoms with Crippen molar-refractivity contribution in [3.8, 4) is 0 Å². The molecule has 3 aromatic rings. The van der Waals surface area contributed by atoms with Crippen molar-refractivity contribution < 1.29 is 19.5 Å². The van der Waals surface area contributed by atoms with Gasteiger partial charge >= 0.3 is 5.97 Å². The third kappa shape index (κ3) is 4.93. The summed E-state index contributed by atoms with van der Waals surface area (Å²) in [5, 5.41) is 15.1. The first-order valence-electron chi connectivity index (χ1n) is 8.35. The van der Waals surface area contributed by atoms with Crippen molar-refractivity contribution in [2.75, 3.05) is 10.6 Å². The van der Waals surface area contributed by atoms with Gasteiger partial charge in [-0.3, -0.25) is 9.59 Å². The first-order valence-corrected chi connectivity index (χ1v) is 9.11. The molecule has 0 unspecified atom stereocenters. The number of carboxylic acids is 1. The molecular formula is C21H14Cl2N2O4. The van der Waals surface area contributed by atoms with E-state index in [4.69, 9.17) is 23.2 Å². The molecule has 8 heteroatoms. The van der Waals surface area contributed by atoms with Crippen LogP contribution < -0.4 is 10.6 Å². The van der Waals surface area contributed by atoms with Gasteiger partial charge < -0.3 is 15.7 Å². The second-order valence-corrected chi connectivity index (χ2v) is 6.78. The number of aromatic carboxylic acids is 1. The monoisotopic (exact) mass is 428 g/mol. The Labute approximate surface area is 176 Å². The number of para-hydroxylation sites is 1. The summed E-state index contributed by atoms with van der Waals surface area (Å²) in [4.78, 5) is 35.9. The van der Waals surface area contributed by atoms with E-state index >= 15 is 0 Å². The van der Waals surface area contributed by atoms with Gasteiger partial charge in [-0.2, -0.15) is 0 Å². The predicted molar refractivity (Wildman–Crippen MR) is 112 cm³/mol. The minimum absolute atomic E-state index is 0.00800. The van der Waals surface area contributed by atoms with Gasteiger partial charge in [-0.25, -0.2) is 4.79 Å². The van der Waals surface area contributed by atoms with Crippen molar-refractivity contribution in [3.05, 3.63) is 93.5 Å². The zero-order valence-electron chi connectivity index (χ0n) is 14.8. The van der Waals surface area contributed by atoms with Crippen molar-refractivity contribution in [2.24, 2.45) is 0 Å².